The fourth-order valence-corrected chi connectivity index (χ4v) is 3.52. The number of halogens is 1. The van der Waals surface area contributed by atoms with Crippen molar-refractivity contribution in [2.24, 2.45) is 0 Å². The number of rotatable bonds is 6. The van der Waals surface area contributed by atoms with Crippen molar-refractivity contribution in [3.63, 3.8) is 0 Å². The predicted molar refractivity (Wildman–Crippen MR) is 97.9 cm³/mol. The van der Waals surface area contributed by atoms with Gasteiger partial charge in [0.25, 0.3) is 0 Å². The van der Waals surface area contributed by atoms with Gasteiger partial charge in [-0.05, 0) is 44.2 Å². The van der Waals surface area contributed by atoms with Crippen molar-refractivity contribution in [1.29, 1.82) is 0 Å². The Kier molecular flexibility index (Phi) is 5.56. The second-order valence-electron chi connectivity index (χ2n) is 5.79. The second-order valence-corrected chi connectivity index (χ2v) is 7.88. The number of ether oxygens (including phenoxy) is 1. The van der Waals surface area contributed by atoms with Gasteiger partial charge in [-0.25, -0.2) is 8.42 Å². The maximum Gasteiger partial charge on any atom is 0.313 e. The summed E-state index contributed by atoms with van der Waals surface area (Å²) in [7, 11) is -3.83. The molecule has 0 aliphatic carbocycles. The lowest BCUT2D eigenvalue weighted by molar-refractivity contribution is -0.385. The first-order valence-corrected chi connectivity index (χ1v) is 9.14. The standard InChI is InChI=1S/C17H15ClN2O5S/c1-4-17(2,3)19-26(23,24)13-10-8-12(9-11-13)25-16-14(18)6-5-7-15(16)20(21)22/h1,5-11,19H,2-3H3. The monoisotopic (exact) mass is 394 g/mol. The van der Waals surface area contributed by atoms with Crippen LogP contribution in [0.3, 0.4) is 0 Å². The number of terminal acetylenes is 1. The van der Waals surface area contributed by atoms with Gasteiger partial charge in [0.15, 0.2) is 0 Å². The van der Waals surface area contributed by atoms with Crippen molar-refractivity contribution in [2.75, 3.05) is 0 Å². The van der Waals surface area contributed by atoms with Gasteiger partial charge in [-0.15, -0.1) is 6.42 Å². The molecule has 7 nitrogen and oxygen atoms in total. The van der Waals surface area contributed by atoms with Gasteiger partial charge in [0.2, 0.25) is 15.8 Å². The summed E-state index contributed by atoms with van der Waals surface area (Å²) in [5.74, 6) is 2.41. The van der Waals surface area contributed by atoms with Crippen LogP contribution in [0.5, 0.6) is 11.5 Å². The molecule has 9 heteroatoms. The van der Waals surface area contributed by atoms with Crippen molar-refractivity contribution < 1.29 is 18.1 Å². The third-order valence-electron chi connectivity index (χ3n) is 3.25. The van der Waals surface area contributed by atoms with Crippen molar-refractivity contribution in [3.05, 3.63) is 57.6 Å². The van der Waals surface area contributed by atoms with Gasteiger partial charge in [0.1, 0.15) is 5.75 Å². The zero-order valence-electron chi connectivity index (χ0n) is 13.9. The fourth-order valence-electron chi connectivity index (χ4n) is 1.97. The van der Waals surface area contributed by atoms with E-state index in [2.05, 4.69) is 10.6 Å². The third kappa shape index (κ3) is 4.52. The average molecular weight is 395 g/mol. The molecule has 0 aromatic heterocycles. The summed E-state index contributed by atoms with van der Waals surface area (Å²) in [6, 6.07) is 9.47. The van der Waals surface area contributed by atoms with Crippen LogP contribution in [-0.2, 0) is 10.0 Å². The number of hydrogen-bond acceptors (Lipinski definition) is 5. The minimum Gasteiger partial charge on any atom is -0.449 e. The van der Waals surface area contributed by atoms with Gasteiger partial charge in [-0.1, -0.05) is 23.6 Å². The minimum atomic E-state index is -3.83. The van der Waals surface area contributed by atoms with E-state index < -0.39 is 20.5 Å². The van der Waals surface area contributed by atoms with Crippen LogP contribution in [0.2, 0.25) is 5.02 Å². The molecule has 2 aromatic carbocycles. The van der Waals surface area contributed by atoms with Crippen molar-refractivity contribution in [1.82, 2.24) is 4.72 Å². The highest BCUT2D eigenvalue weighted by molar-refractivity contribution is 7.89. The largest absolute Gasteiger partial charge is 0.449 e. The number of nitro groups is 1. The van der Waals surface area contributed by atoms with E-state index in [9.17, 15) is 18.5 Å². The summed E-state index contributed by atoms with van der Waals surface area (Å²) in [5, 5.41) is 11.1. The molecule has 0 atom stereocenters. The first-order valence-electron chi connectivity index (χ1n) is 7.28. The Balaban J connectivity index is 2.30. The number of hydrogen-bond donors (Lipinski definition) is 1. The molecule has 0 bridgehead atoms. The second kappa shape index (κ2) is 7.33. The number of para-hydroxylation sites is 1. The molecule has 0 unspecified atom stereocenters. The summed E-state index contributed by atoms with van der Waals surface area (Å²) in [6.07, 6.45) is 5.29. The summed E-state index contributed by atoms with van der Waals surface area (Å²) in [5.41, 5.74) is -1.35. The number of nitrogens with zero attached hydrogens (tertiary/aromatic N) is 1. The van der Waals surface area contributed by atoms with E-state index >= 15 is 0 Å². The van der Waals surface area contributed by atoms with E-state index in [0.29, 0.717) is 0 Å². The van der Waals surface area contributed by atoms with Crippen LogP contribution in [0.4, 0.5) is 5.69 Å². The van der Waals surface area contributed by atoms with Gasteiger partial charge >= 0.3 is 5.69 Å². The van der Waals surface area contributed by atoms with Crippen molar-refractivity contribution in [3.8, 4) is 23.8 Å². The highest BCUT2D eigenvalue weighted by atomic mass is 35.5. The lowest BCUT2D eigenvalue weighted by atomic mass is 10.1. The van der Waals surface area contributed by atoms with Crippen molar-refractivity contribution >= 4 is 27.3 Å². The Hall–Kier alpha value is -2.60. The lowest BCUT2D eigenvalue weighted by Gasteiger charge is -2.19. The van der Waals surface area contributed by atoms with Crippen LogP contribution < -0.4 is 9.46 Å². The predicted octanol–water partition coefficient (Wildman–Crippen LogP) is 3.73. The van der Waals surface area contributed by atoms with Crippen LogP contribution in [0.15, 0.2) is 47.4 Å². The topological polar surface area (TPSA) is 98.5 Å². The van der Waals surface area contributed by atoms with Crippen LogP contribution in [0.1, 0.15) is 13.8 Å². The van der Waals surface area contributed by atoms with Crippen LogP contribution >= 0.6 is 11.6 Å². The highest BCUT2D eigenvalue weighted by Crippen LogP contribution is 2.37. The molecule has 26 heavy (non-hydrogen) atoms. The van der Waals surface area contributed by atoms with Crippen LogP contribution in [0.25, 0.3) is 0 Å². The highest BCUT2D eigenvalue weighted by Gasteiger charge is 2.24. The van der Waals surface area contributed by atoms with E-state index in [-0.39, 0.29) is 27.1 Å². The average Bonchev–Trinajstić information content (AvgIpc) is 2.56. The third-order valence-corrected chi connectivity index (χ3v) is 5.22. The maximum absolute atomic E-state index is 12.3. The summed E-state index contributed by atoms with van der Waals surface area (Å²) >= 11 is 5.96. The molecule has 0 heterocycles. The zero-order valence-corrected chi connectivity index (χ0v) is 15.5. The molecule has 136 valence electrons. The number of sulfonamides is 1. The Morgan fingerprint density at radius 1 is 1.23 bits per heavy atom. The van der Waals surface area contributed by atoms with Gasteiger partial charge in [-0.2, -0.15) is 4.72 Å². The molecular formula is C17H15ClN2O5S. The van der Waals surface area contributed by atoms with E-state index in [1.54, 1.807) is 13.8 Å². The first-order chi connectivity index (χ1) is 12.1. The van der Waals surface area contributed by atoms with Crippen LogP contribution in [-0.4, -0.2) is 18.9 Å². The van der Waals surface area contributed by atoms with Gasteiger partial charge in [0.05, 0.1) is 20.4 Å². The van der Waals surface area contributed by atoms with Gasteiger partial charge in [0, 0.05) is 6.07 Å². The van der Waals surface area contributed by atoms with Gasteiger partial charge < -0.3 is 4.74 Å². The Morgan fingerprint density at radius 3 is 2.38 bits per heavy atom. The van der Waals surface area contributed by atoms with E-state index in [1.165, 1.54) is 42.5 Å². The molecule has 0 amide bonds. The van der Waals surface area contributed by atoms with E-state index in [4.69, 9.17) is 22.8 Å². The van der Waals surface area contributed by atoms with Crippen LogP contribution in [0, 0.1) is 22.5 Å². The number of nitrogens with one attached hydrogen (secondary N) is 1. The van der Waals surface area contributed by atoms with E-state index in [1.807, 2.05) is 0 Å². The van der Waals surface area contributed by atoms with Crippen molar-refractivity contribution in [2.45, 2.75) is 24.3 Å². The molecule has 0 saturated heterocycles. The fraction of sp³-hybridized carbons (Fsp3) is 0.176. The maximum atomic E-state index is 12.3. The Labute approximate surface area is 156 Å². The molecule has 0 saturated carbocycles. The zero-order chi connectivity index (χ0) is 19.5. The van der Waals surface area contributed by atoms with Gasteiger partial charge in [-0.3, -0.25) is 10.1 Å². The molecule has 2 rings (SSSR count). The molecule has 0 aliphatic heterocycles. The first kappa shape index (κ1) is 19.7. The van der Waals surface area contributed by atoms with E-state index in [0.717, 1.165) is 0 Å². The summed E-state index contributed by atoms with van der Waals surface area (Å²) in [6.45, 7) is 3.11. The molecule has 0 aliphatic rings. The SMILES string of the molecule is C#CC(C)(C)NS(=O)(=O)c1ccc(Oc2c(Cl)cccc2[N+](=O)[O-])cc1. The minimum absolute atomic E-state index is 0.0261. The quantitative estimate of drug-likeness (QED) is 0.457. The number of benzene rings is 2. The normalized spacial score (nSPS) is 11.6. The molecule has 0 radical (unpaired) electrons. The number of nitro benzene ring substituents is 1. The summed E-state index contributed by atoms with van der Waals surface area (Å²) < 4.78 is 32.5. The Morgan fingerprint density at radius 2 is 1.85 bits per heavy atom. The summed E-state index contributed by atoms with van der Waals surface area (Å²) in [4.78, 5) is 10.4. The molecule has 2 aromatic rings. The molecule has 0 fully saturated rings. The lowest BCUT2D eigenvalue weighted by Crippen LogP contribution is -2.41. The smallest absolute Gasteiger partial charge is 0.313 e. The molecule has 1 N–H and O–H groups in total. The Bertz CT molecular complexity index is 979. The molecular weight excluding hydrogens is 380 g/mol. The molecule has 0 spiro atoms.